The van der Waals surface area contributed by atoms with Gasteiger partial charge >= 0.3 is 6.18 Å². The van der Waals surface area contributed by atoms with Crippen LogP contribution < -0.4 is 11.1 Å². The van der Waals surface area contributed by atoms with Gasteiger partial charge in [0.05, 0.1) is 5.56 Å². The lowest BCUT2D eigenvalue weighted by atomic mass is 10.0. The van der Waals surface area contributed by atoms with Gasteiger partial charge in [0.25, 0.3) is 0 Å². The minimum atomic E-state index is -4.38. The topological polar surface area (TPSA) is 38.0 Å². The molecule has 0 saturated heterocycles. The van der Waals surface area contributed by atoms with E-state index in [-0.39, 0.29) is 23.4 Å². The smallest absolute Gasteiger partial charge is 0.398 e. The molecule has 0 saturated carbocycles. The molecule has 0 radical (unpaired) electrons. The summed E-state index contributed by atoms with van der Waals surface area (Å²) >= 11 is 0. The third-order valence-electron chi connectivity index (χ3n) is 2.26. The molecule has 0 amide bonds. The largest absolute Gasteiger partial charge is 0.418 e. The Hall–Kier alpha value is -1.39. The van der Waals surface area contributed by atoms with Gasteiger partial charge in [0, 0.05) is 18.4 Å². The average molecular weight is 218 g/mol. The fourth-order valence-corrected chi connectivity index (χ4v) is 1.58. The van der Waals surface area contributed by atoms with E-state index >= 15 is 0 Å². The van der Waals surface area contributed by atoms with Crippen molar-refractivity contribution in [3.8, 4) is 0 Å². The Morgan fingerprint density at radius 1 is 1.33 bits per heavy atom. The van der Waals surface area contributed by atoms with Crippen LogP contribution in [0.3, 0.4) is 0 Å². The first-order chi connectivity index (χ1) is 6.91. The first-order valence-electron chi connectivity index (χ1n) is 4.58. The molecular weight excluding hydrogens is 205 g/mol. The van der Waals surface area contributed by atoms with Gasteiger partial charge in [0.15, 0.2) is 0 Å². The van der Waals surface area contributed by atoms with Gasteiger partial charge in [-0.05, 0) is 24.1 Å². The molecule has 84 valence electrons. The van der Waals surface area contributed by atoms with E-state index in [2.05, 4.69) is 5.32 Å². The number of nitrogens with two attached hydrogens (primary N) is 1. The summed E-state index contributed by atoms with van der Waals surface area (Å²) in [4.78, 5) is 0. The zero-order valence-electron chi connectivity index (χ0n) is 8.57. The molecule has 0 unspecified atom stereocenters. The van der Waals surface area contributed by atoms with Crippen LogP contribution in [0.1, 0.15) is 18.1 Å². The molecule has 1 aromatic carbocycles. The second kappa shape index (κ2) is 4.00. The molecule has 0 atom stereocenters. The molecule has 0 aliphatic heterocycles. The van der Waals surface area contributed by atoms with Gasteiger partial charge in [0.1, 0.15) is 0 Å². The van der Waals surface area contributed by atoms with Crippen LogP contribution in [0.4, 0.5) is 24.5 Å². The summed E-state index contributed by atoms with van der Waals surface area (Å²) < 4.78 is 38.3. The molecular formula is C10H13F3N2. The Labute approximate surface area is 86.3 Å². The third kappa shape index (κ3) is 2.16. The summed E-state index contributed by atoms with van der Waals surface area (Å²) in [6.45, 7) is 1.65. The van der Waals surface area contributed by atoms with E-state index in [0.29, 0.717) is 0 Å². The lowest BCUT2D eigenvalue weighted by molar-refractivity contribution is -0.137. The van der Waals surface area contributed by atoms with Crippen LogP contribution >= 0.6 is 0 Å². The van der Waals surface area contributed by atoms with E-state index in [4.69, 9.17) is 5.73 Å². The summed E-state index contributed by atoms with van der Waals surface area (Å²) in [7, 11) is 1.46. The van der Waals surface area contributed by atoms with Crippen molar-refractivity contribution in [2.24, 2.45) is 0 Å². The van der Waals surface area contributed by atoms with Crippen molar-refractivity contribution in [2.45, 2.75) is 19.5 Å². The Kier molecular flexibility index (Phi) is 3.12. The molecule has 15 heavy (non-hydrogen) atoms. The number of halogens is 3. The highest BCUT2D eigenvalue weighted by molar-refractivity contribution is 5.64. The maximum Gasteiger partial charge on any atom is 0.418 e. The molecule has 0 aliphatic rings. The van der Waals surface area contributed by atoms with Crippen LogP contribution in [0, 0.1) is 0 Å². The zero-order valence-corrected chi connectivity index (χ0v) is 8.57. The molecule has 5 heteroatoms. The first-order valence-corrected chi connectivity index (χ1v) is 4.58. The van der Waals surface area contributed by atoms with Crippen LogP contribution in [0.2, 0.25) is 0 Å². The Morgan fingerprint density at radius 3 is 2.33 bits per heavy atom. The van der Waals surface area contributed by atoms with Crippen LogP contribution in [-0.2, 0) is 12.6 Å². The zero-order chi connectivity index (χ0) is 11.6. The normalized spacial score (nSPS) is 11.5. The number of nitrogen functional groups attached to an aromatic ring is 1. The lowest BCUT2D eigenvalue weighted by Gasteiger charge is -2.18. The second-order valence-corrected chi connectivity index (χ2v) is 3.16. The minimum Gasteiger partial charge on any atom is -0.398 e. The number of rotatable bonds is 2. The number of benzene rings is 1. The number of hydrogen-bond acceptors (Lipinski definition) is 2. The maximum atomic E-state index is 12.8. The van der Waals surface area contributed by atoms with Gasteiger partial charge in [-0.2, -0.15) is 13.2 Å². The Bertz CT molecular complexity index is 358. The van der Waals surface area contributed by atoms with Crippen molar-refractivity contribution < 1.29 is 13.2 Å². The van der Waals surface area contributed by atoms with Crippen LogP contribution in [0.25, 0.3) is 0 Å². The Balaban J connectivity index is 3.48. The third-order valence-corrected chi connectivity index (χ3v) is 2.26. The summed E-state index contributed by atoms with van der Waals surface area (Å²) in [5, 5.41) is 2.53. The number of hydrogen-bond donors (Lipinski definition) is 2. The highest BCUT2D eigenvalue weighted by Gasteiger charge is 2.36. The van der Waals surface area contributed by atoms with Gasteiger partial charge in [-0.3, -0.25) is 0 Å². The van der Waals surface area contributed by atoms with Crippen molar-refractivity contribution in [1.82, 2.24) is 0 Å². The van der Waals surface area contributed by atoms with E-state index in [0.717, 1.165) is 0 Å². The van der Waals surface area contributed by atoms with E-state index in [1.54, 1.807) is 6.92 Å². The summed E-state index contributed by atoms with van der Waals surface area (Å²) in [6.07, 6.45) is -4.12. The molecule has 0 spiro atoms. The van der Waals surface area contributed by atoms with Gasteiger partial charge in [0.2, 0.25) is 0 Å². The minimum absolute atomic E-state index is 0.0635. The number of alkyl halides is 3. The van der Waals surface area contributed by atoms with Crippen molar-refractivity contribution in [3.05, 3.63) is 23.3 Å². The van der Waals surface area contributed by atoms with E-state index in [1.807, 2.05) is 0 Å². The summed E-state index contributed by atoms with van der Waals surface area (Å²) in [5.74, 6) is 0. The van der Waals surface area contributed by atoms with Crippen LogP contribution in [0.5, 0.6) is 0 Å². The quantitative estimate of drug-likeness (QED) is 0.749. The Morgan fingerprint density at radius 2 is 1.93 bits per heavy atom. The second-order valence-electron chi connectivity index (χ2n) is 3.16. The monoisotopic (exact) mass is 218 g/mol. The summed E-state index contributed by atoms with van der Waals surface area (Å²) in [6, 6.07) is 2.83. The predicted molar refractivity (Wildman–Crippen MR) is 54.8 cm³/mol. The first kappa shape index (κ1) is 11.7. The average Bonchev–Trinajstić information content (AvgIpc) is 2.15. The van der Waals surface area contributed by atoms with Crippen molar-refractivity contribution in [3.63, 3.8) is 0 Å². The molecule has 3 N–H and O–H groups in total. The fourth-order valence-electron chi connectivity index (χ4n) is 1.58. The predicted octanol–water partition coefficient (Wildman–Crippen LogP) is 2.89. The maximum absolute atomic E-state index is 12.8. The highest BCUT2D eigenvalue weighted by Crippen LogP contribution is 2.39. The van der Waals surface area contributed by atoms with E-state index in [9.17, 15) is 13.2 Å². The molecule has 1 aromatic rings. The fraction of sp³-hybridized carbons (Fsp3) is 0.400. The van der Waals surface area contributed by atoms with Gasteiger partial charge in [-0.1, -0.05) is 6.92 Å². The van der Waals surface area contributed by atoms with E-state index in [1.165, 1.54) is 19.2 Å². The van der Waals surface area contributed by atoms with Crippen LogP contribution in [0.15, 0.2) is 12.1 Å². The summed E-state index contributed by atoms with van der Waals surface area (Å²) in [5.41, 5.74) is 5.26. The molecule has 1 rings (SSSR count). The van der Waals surface area contributed by atoms with Gasteiger partial charge < -0.3 is 11.1 Å². The van der Waals surface area contributed by atoms with Crippen molar-refractivity contribution >= 4 is 11.4 Å². The standard InChI is InChI=1S/C10H13F3N2/c1-3-6-7(14)4-5-8(15-2)9(6)10(11,12)13/h4-5,15H,3,14H2,1-2H3. The van der Waals surface area contributed by atoms with Crippen molar-refractivity contribution in [1.29, 1.82) is 0 Å². The molecule has 0 fully saturated rings. The molecule has 2 nitrogen and oxygen atoms in total. The SMILES string of the molecule is CCc1c(N)ccc(NC)c1C(F)(F)F. The van der Waals surface area contributed by atoms with Gasteiger partial charge in [-0.25, -0.2) is 0 Å². The van der Waals surface area contributed by atoms with Crippen LogP contribution in [-0.4, -0.2) is 7.05 Å². The molecule has 0 aromatic heterocycles. The highest BCUT2D eigenvalue weighted by atomic mass is 19.4. The number of anilines is 2. The number of nitrogens with one attached hydrogen (secondary N) is 1. The van der Waals surface area contributed by atoms with Crippen molar-refractivity contribution in [2.75, 3.05) is 18.1 Å². The van der Waals surface area contributed by atoms with E-state index < -0.39 is 11.7 Å². The molecule has 0 heterocycles. The molecule has 0 bridgehead atoms. The molecule has 0 aliphatic carbocycles. The lowest BCUT2D eigenvalue weighted by Crippen LogP contribution is -2.14. The van der Waals surface area contributed by atoms with Gasteiger partial charge in [-0.15, -0.1) is 0 Å².